The fourth-order valence-electron chi connectivity index (χ4n) is 25.6. The van der Waals surface area contributed by atoms with Gasteiger partial charge in [0.2, 0.25) is 0 Å². The third-order valence-corrected chi connectivity index (χ3v) is 28.9. The Bertz CT molecular complexity index is 5370. The molecule has 0 aromatic heterocycles. The first-order valence-electron chi connectivity index (χ1n) is 34.3. The summed E-state index contributed by atoms with van der Waals surface area (Å²) in [5.41, 5.74) is 32.0. The number of anilines is 6. The van der Waals surface area contributed by atoms with Crippen LogP contribution in [0.15, 0.2) is 218 Å². The fraction of sp³-hybridized carbons (Fsp3) is 0.273. The topological polar surface area (TPSA) is 6.48 Å². The normalized spacial score (nSPS) is 31.2. The van der Waals surface area contributed by atoms with E-state index in [4.69, 9.17) is 0 Å². The molecule has 8 saturated carbocycles. The molecule has 0 saturated heterocycles. The van der Waals surface area contributed by atoms with Gasteiger partial charge in [0.15, 0.2) is 0 Å². The number of hydrogen-bond donors (Lipinski definition) is 0. The molecule has 12 aromatic carbocycles. The standard InChI is InChI=1S/C88H68N2/c1-83(2)66-17-9-5-13-56(66)60-31-25-52(41-70(60)83)89(54-27-33-62-58-15-7-11-19-68(58)87(72(62)43-54)74-37-49-45-85(82(49)74)46-79(85)87)75-35-23-47-22-30-65-76(36-24-48-21-29-64(75)80(47)81(48)65)90(53-26-32-61-57-14-6-10-18-67(57)84(3,4)71(61)42-53)55-28-34-63-59-16-8-12-20-69(59)88(73(63)44-55)77-39-50-38-51-40-78(88)86(50,51)77/h5-36,41-44,49-51,74,77-79,82H,37-40,45-46H2,1-4H3/t49-,50-,51+,74+,77+,78+,79+,82?,85-,86?,87?,88?/m1/s1. The summed E-state index contributed by atoms with van der Waals surface area (Å²) < 4.78 is 0. The maximum absolute atomic E-state index is 2.72. The Morgan fingerprint density at radius 3 is 1.20 bits per heavy atom. The second-order valence-electron chi connectivity index (χ2n) is 31.9. The molecular formula is C88H68N2. The molecule has 12 atom stereocenters. The highest BCUT2D eigenvalue weighted by atomic mass is 15.2. The van der Waals surface area contributed by atoms with E-state index in [9.17, 15) is 0 Å². The average Bonchev–Trinajstić information content (AvgIpc) is 0.880. The maximum atomic E-state index is 2.72. The van der Waals surface area contributed by atoms with E-state index in [1.54, 1.807) is 22.3 Å². The molecule has 4 unspecified atom stereocenters. The molecule has 0 amide bonds. The predicted octanol–water partition coefficient (Wildman–Crippen LogP) is 22.0. The number of fused-ring (bicyclic) bond motifs is 20. The highest BCUT2D eigenvalue weighted by Gasteiger charge is 2.91. The third kappa shape index (κ3) is 4.89. The van der Waals surface area contributed by atoms with Gasteiger partial charge in [0.05, 0.1) is 11.4 Å². The SMILES string of the molecule is CC1(C)c2ccccc2-c2ccc(N(c3ccc4c(c3)C3(c5ccccc5-4)[C@H]4C[C@H]5C[C@H]6C[C@H]3C564)c3ccc4ccc5c(N(c6ccc7c(c6)C(C)(C)c6ccccc6-7)c6ccc7c(c6)C6(c8ccccc8-7)[C@H]7C[C@]78C[C@H]7C[C@H]6C78)ccc6ccc3c4c65)cc21. The Kier molecular flexibility index (Phi) is 8.04. The van der Waals surface area contributed by atoms with E-state index >= 15 is 0 Å². The molecule has 90 heavy (non-hydrogen) atoms. The van der Waals surface area contributed by atoms with E-state index < -0.39 is 0 Å². The van der Waals surface area contributed by atoms with Crippen molar-refractivity contribution in [1.82, 2.24) is 0 Å². The molecule has 2 heteroatoms. The first-order chi connectivity index (χ1) is 44.0. The quantitative estimate of drug-likeness (QED) is 0.153. The van der Waals surface area contributed by atoms with Crippen LogP contribution in [0.1, 0.15) is 111 Å². The van der Waals surface area contributed by atoms with Crippen molar-refractivity contribution in [3.63, 3.8) is 0 Å². The van der Waals surface area contributed by atoms with Gasteiger partial charge < -0.3 is 9.80 Å². The first-order valence-corrected chi connectivity index (χ1v) is 34.3. The van der Waals surface area contributed by atoms with Crippen LogP contribution in [0.2, 0.25) is 0 Å². The lowest BCUT2D eigenvalue weighted by Gasteiger charge is -2.92. The van der Waals surface area contributed by atoms with Crippen LogP contribution < -0.4 is 9.80 Å². The molecular weight excluding hydrogens is 1080 g/mol. The van der Waals surface area contributed by atoms with Gasteiger partial charge in [0.1, 0.15) is 0 Å². The Morgan fingerprint density at radius 2 is 0.733 bits per heavy atom. The molecule has 0 radical (unpaired) electrons. The second-order valence-corrected chi connectivity index (χ2v) is 31.9. The molecule has 430 valence electrons. The van der Waals surface area contributed by atoms with Crippen molar-refractivity contribution in [2.24, 2.45) is 58.2 Å². The van der Waals surface area contributed by atoms with Crippen LogP contribution in [-0.2, 0) is 21.7 Å². The van der Waals surface area contributed by atoms with Crippen LogP contribution in [0.4, 0.5) is 34.1 Å². The number of hydrogen-bond acceptors (Lipinski definition) is 2. The van der Waals surface area contributed by atoms with Crippen LogP contribution in [0.25, 0.3) is 76.8 Å². The smallest absolute Gasteiger partial charge is 0.0540 e. The summed E-state index contributed by atoms with van der Waals surface area (Å²) in [5, 5.41) is 7.83. The molecule has 0 bridgehead atoms. The van der Waals surface area contributed by atoms with Gasteiger partial charge in [-0.3, -0.25) is 0 Å². The number of rotatable bonds is 6. The molecule has 0 N–H and O–H groups in total. The van der Waals surface area contributed by atoms with E-state index in [0.717, 1.165) is 47.3 Å². The molecule has 0 aliphatic heterocycles. The minimum Gasteiger partial charge on any atom is -0.310 e. The van der Waals surface area contributed by atoms with Gasteiger partial charge in [-0.25, -0.2) is 0 Å². The molecule has 2 nitrogen and oxygen atoms in total. The Morgan fingerprint density at radius 1 is 0.333 bits per heavy atom. The van der Waals surface area contributed by atoms with Crippen LogP contribution in [0.5, 0.6) is 0 Å². The van der Waals surface area contributed by atoms with Crippen LogP contribution in [0, 0.1) is 58.2 Å². The largest absolute Gasteiger partial charge is 0.310 e. The van der Waals surface area contributed by atoms with Gasteiger partial charge in [-0.2, -0.15) is 0 Å². The van der Waals surface area contributed by atoms with Gasteiger partial charge in [-0.05, 0) is 268 Å². The Balaban J connectivity index is 0.729. The average molecular weight is 1150 g/mol. The summed E-state index contributed by atoms with van der Waals surface area (Å²) in [6.07, 6.45) is 8.53. The lowest BCUT2D eigenvalue weighted by Crippen LogP contribution is -2.88. The molecule has 4 spiro atoms. The zero-order valence-corrected chi connectivity index (χ0v) is 51.5. The molecule has 0 heterocycles. The third-order valence-electron chi connectivity index (χ3n) is 28.9. The summed E-state index contributed by atoms with van der Waals surface area (Å²) in [4.78, 5) is 5.38. The minimum absolute atomic E-state index is 0.0942. The van der Waals surface area contributed by atoms with Crippen molar-refractivity contribution in [2.45, 2.75) is 87.9 Å². The van der Waals surface area contributed by atoms with Crippen molar-refractivity contribution in [1.29, 1.82) is 0 Å². The summed E-state index contributed by atoms with van der Waals surface area (Å²) >= 11 is 0. The fourth-order valence-corrected chi connectivity index (χ4v) is 25.6. The minimum atomic E-state index is -0.147. The summed E-state index contributed by atoms with van der Waals surface area (Å²) in [7, 11) is 0. The highest BCUT2D eigenvalue weighted by molar-refractivity contribution is 6.28. The van der Waals surface area contributed by atoms with Crippen molar-refractivity contribution in [2.75, 3.05) is 9.80 Å². The van der Waals surface area contributed by atoms with E-state index in [-0.39, 0.29) is 21.7 Å². The van der Waals surface area contributed by atoms with E-state index in [2.05, 4.69) is 256 Å². The summed E-state index contributed by atoms with van der Waals surface area (Å²) in [6.45, 7) is 9.76. The van der Waals surface area contributed by atoms with E-state index in [0.29, 0.717) is 10.8 Å². The molecule has 12 aliphatic rings. The summed E-state index contributed by atoms with van der Waals surface area (Å²) in [5.74, 6) is 6.75. The highest BCUT2D eigenvalue weighted by Crippen LogP contribution is 2.95. The lowest BCUT2D eigenvalue weighted by molar-refractivity contribution is -0.412. The van der Waals surface area contributed by atoms with Crippen LogP contribution in [-0.4, -0.2) is 0 Å². The first kappa shape index (κ1) is 48.2. The van der Waals surface area contributed by atoms with Gasteiger partial charge in [0, 0.05) is 55.2 Å². The van der Waals surface area contributed by atoms with Gasteiger partial charge in [0.25, 0.3) is 0 Å². The Labute approximate surface area is 526 Å². The van der Waals surface area contributed by atoms with Gasteiger partial charge in [-0.15, -0.1) is 0 Å². The maximum Gasteiger partial charge on any atom is 0.0540 e. The molecule has 12 aliphatic carbocycles. The van der Waals surface area contributed by atoms with Crippen LogP contribution >= 0.6 is 0 Å². The van der Waals surface area contributed by atoms with Gasteiger partial charge >= 0.3 is 0 Å². The molecule has 12 aromatic rings. The van der Waals surface area contributed by atoms with Crippen molar-refractivity contribution >= 4 is 66.4 Å². The van der Waals surface area contributed by atoms with Crippen molar-refractivity contribution in [3.8, 4) is 44.5 Å². The van der Waals surface area contributed by atoms with E-state index in [1.807, 2.05) is 0 Å². The monoisotopic (exact) mass is 1150 g/mol. The van der Waals surface area contributed by atoms with Crippen molar-refractivity contribution in [3.05, 3.63) is 263 Å². The predicted molar refractivity (Wildman–Crippen MR) is 368 cm³/mol. The molecule has 24 rings (SSSR count). The van der Waals surface area contributed by atoms with E-state index in [1.165, 1.54) is 172 Å². The zero-order chi connectivity index (χ0) is 58.6. The lowest BCUT2D eigenvalue weighted by atomic mass is 9.11. The molecule has 8 fully saturated rings. The second kappa shape index (κ2) is 15.0. The number of benzene rings is 12. The number of nitrogens with zero attached hydrogens (tertiary/aromatic N) is 2. The Hall–Kier alpha value is -8.72. The van der Waals surface area contributed by atoms with Crippen LogP contribution in [0.3, 0.4) is 0 Å². The summed E-state index contributed by atoms with van der Waals surface area (Å²) in [6, 6.07) is 87.6. The van der Waals surface area contributed by atoms with Gasteiger partial charge in [-0.1, -0.05) is 185 Å². The zero-order valence-electron chi connectivity index (χ0n) is 51.5. The van der Waals surface area contributed by atoms with Crippen molar-refractivity contribution < 1.29 is 0 Å².